The Labute approximate surface area is 125 Å². The van der Waals surface area contributed by atoms with Crippen LogP contribution in [0.3, 0.4) is 0 Å². The van der Waals surface area contributed by atoms with Crippen molar-refractivity contribution < 1.29 is 17.7 Å². The minimum atomic E-state index is -4.29. The Morgan fingerprint density at radius 2 is 2.14 bits per heavy atom. The first-order valence-corrected chi connectivity index (χ1v) is 7.72. The van der Waals surface area contributed by atoms with Gasteiger partial charge in [-0.05, 0) is 19.9 Å². The number of nitrogens with zero attached hydrogens (tertiary/aromatic N) is 3. The van der Waals surface area contributed by atoms with Gasteiger partial charge in [0.2, 0.25) is 0 Å². The zero-order chi connectivity index (χ0) is 16.5. The highest BCUT2D eigenvalue weighted by Gasteiger charge is 2.25. The standard InChI is InChI=1S/C12H13FN4O4S/c1-3-16-7-9(6-14-16)15-22(20,21)12-5-11(17(18)19)8(2)4-10(12)13/h4-7,15H,3H2,1-2H3. The van der Waals surface area contributed by atoms with E-state index in [1.54, 1.807) is 0 Å². The number of hydrogen-bond donors (Lipinski definition) is 1. The average molecular weight is 328 g/mol. The summed E-state index contributed by atoms with van der Waals surface area (Å²) in [6.07, 6.45) is 2.69. The van der Waals surface area contributed by atoms with Crippen molar-refractivity contribution in [3.05, 3.63) is 46.0 Å². The van der Waals surface area contributed by atoms with Crippen LogP contribution in [0.2, 0.25) is 0 Å². The lowest BCUT2D eigenvalue weighted by molar-refractivity contribution is -0.385. The van der Waals surface area contributed by atoms with Gasteiger partial charge in [0.25, 0.3) is 15.7 Å². The maximum absolute atomic E-state index is 13.9. The Kier molecular flexibility index (Phi) is 4.13. The molecule has 118 valence electrons. The molecule has 0 saturated heterocycles. The Balaban J connectivity index is 2.44. The van der Waals surface area contributed by atoms with E-state index in [4.69, 9.17) is 0 Å². The molecule has 22 heavy (non-hydrogen) atoms. The number of nitrogens with one attached hydrogen (secondary N) is 1. The lowest BCUT2D eigenvalue weighted by atomic mass is 10.2. The summed E-state index contributed by atoms with van der Waals surface area (Å²) in [5.74, 6) is -1.06. The second-order valence-electron chi connectivity index (χ2n) is 4.52. The summed E-state index contributed by atoms with van der Waals surface area (Å²) in [5, 5.41) is 14.7. The van der Waals surface area contributed by atoms with Crippen molar-refractivity contribution in [2.24, 2.45) is 0 Å². The molecule has 0 amide bonds. The number of aryl methyl sites for hydroxylation is 2. The van der Waals surface area contributed by atoms with Crippen LogP contribution in [0, 0.1) is 22.9 Å². The van der Waals surface area contributed by atoms with Gasteiger partial charge < -0.3 is 0 Å². The molecule has 0 aliphatic heterocycles. The fraction of sp³-hybridized carbons (Fsp3) is 0.250. The molecule has 1 aromatic carbocycles. The number of aromatic nitrogens is 2. The Morgan fingerprint density at radius 3 is 2.68 bits per heavy atom. The summed E-state index contributed by atoms with van der Waals surface area (Å²) < 4.78 is 41.9. The molecule has 0 bridgehead atoms. The topological polar surface area (TPSA) is 107 Å². The normalized spacial score (nSPS) is 11.4. The molecule has 0 aliphatic carbocycles. The molecule has 0 atom stereocenters. The van der Waals surface area contributed by atoms with Crippen LogP contribution in [0.1, 0.15) is 12.5 Å². The van der Waals surface area contributed by atoms with Crippen molar-refractivity contribution in [3.8, 4) is 0 Å². The van der Waals surface area contributed by atoms with Gasteiger partial charge in [-0.25, -0.2) is 12.8 Å². The molecule has 1 N–H and O–H groups in total. The summed E-state index contributed by atoms with van der Waals surface area (Å²) in [5.41, 5.74) is -0.282. The number of anilines is 1. The second-order valence-corrected chi connectivity index (χ2v) is 6.17. The zero-order valence-electron chi connectivity index (χ0n) is 11.8. The number of sulfonamides is 1. The summed E-state index contributed by atoms with van der Waals surface area (Å²) in [6, 6.07) is 1.53. The van der Waals surface area contributed by atoms with E-state index in [1.165, 1.54) is 24.0 Å². The number of nitro groups is 1. The lowest BCUT2D eigenvalue weighted by Crippen LogP contribution is -2.15. The van der Waals surface area contributed by atoms with Crippen LogP contribution in [0.25, 0.3) is 0 Å². The summed E-state index contributed by atoms with van der Waals surface area (Å²) >= 11 is 0. The van der Waals surface area contributed by atoms with Crippen molar-refractivity contribution in [1.29, 1.82) is 0 Å². The highest BCUT2D eigenvalue weighted by Crippen LogP contribution is 2.26. The first-order chi connectivity index (χ1) is 10.2. The predicted octanol–water partition coefficient (Wildman–Crippen LogP) is 2.06. The van der Waals surface area contributed by atoms with E-state index < -0.39 is 31.3 Å². The van der Waals surface area contributed by atoms with Crippen LogP contribution < -0.4 is 4.72 Å². The first-order valence-electron chi connectivity index (χ1n) is 6.24. The Bertz CT molecular complexity index is 832. The van der Waals surface area contributed by atoms with Gasteiger partial charge in [-0.1, -0.05) is 0 Å². The summed E-state index contributed by atoms with van der Waals surface area (Å²) in [7, 11) is -4.29. The maximum Gasteiger partial charge on any atom is 0.273 e. The number of rotatable bonds is 5. The SMILES string of the molecule is CCn1cc(NS(=O)(=O)c2cc([N+](=O)[O-])c(C)cc2F)cn1. The van der Waals surface area contributed by atoms with Crippen LogP contribution in [0.4, 0.5) is 15.8 Å². The fourth-order valence-corrected chi connectivity index (χ4v) is 2.95. The van der Waals surface area contributed by atoms with Gasteiger partial charge in [-0.3, -0.25) is 19.5 Å². The molecule has 1 aromatic heterocycles. The van der Waals surface area contributed by atoms with E-state index in [0.717, 1.165) is 6.07 Å². The Hall–Kier alpha value is -2.49. The van der Waals surface area contributed by atoms with Crippen LogP contribution in [-0.2, 0) is 16.6 Å². The van der Waals surface area contributed by atoms with Gasteiger partial charge in [0.05, 0.1) is 16.8 Å². The van der Waals surface area contributed by atoms with Crippen molar-refractivity contribution in [2.75, 3.05) is 4.72 Å². The molecule has 0 fully saturated rings. The quantitative estimate of drug-likeness (QED) is 0.668. The Morgan fingerprint density at radius 1 is 1.45 bits per heavy atom. The smallest absolute Gasteiger partial charge is 0.273 e. The van der Waals surface area contributed by atoms with E-state index in [9.17, 15) is 22.9 Å². The molecular weight excluding hydrogens is 315 g/mol. The van der Waals surface area contributed by atoms with E-state index in [-0.39, 0.29) is 11.3 Å². The van der Waals surface area contributed by atoms with Gasteiger partial charge >= 0.3 is 0 Å². The maximum atomic E-state index is 13.9. The van der Waals surface area contributed by atoms with Gasteiger partial charge in [-0.2, -0.15) is 5.10 Å². The molecule has 2 aromatic rings. The molecule has 0 radical (unpaired) electrons. The first kappa shape index (κ1) is 15.9. The molecule has 10 heteroatoms. The van der Waals surface area contributed by atoms with Crippen molar-refractivity contribution in [1.82, 2.24) is 9.78 Å². The third kappa shape index (κ3) is 3.06. The molecule has 8 nitrogen and oxygen atoms in total. The molecule has 0 saturated carbocycles. The number of nitro benzene ring substituents is 1. The summed E-state index contributed by atoms with van der Waals surface area (Å²) in [4.78, 5) is 9.32. The van der Waals surface area contributed by atoms with Crippen molar-refractivity contribution >= 4 is 21.4 Å². The van der Waals surface area contributed by atoms with E-state index in [1.807, 2.05) is 6.92 Å². The highest BCUT2D eigenvalue weighted by atomic mass is 32.2. The van der Waals surface area contributed by atoms with E-state index in [0.29, 0.717) is 12.6 Å². The van der Waals surface area contributed by atoms with Crippen LogP contribution in [0.15, 0.2) is 29.4 Å². The predicted molar refractivity (Wildman–Crippen MR) is 76.5 cm³/mol. The monoisotopic (exact) mass is 328 g/mol. The molecular formula is C12H13FN4O4S. The largest absolute Gasteiger partial charge is 0.276 e. The third-order valence-electron chi connectivity index (χ3n) is 2.95. The van der Waals surface area contributed by atoms with E-state index >= 15 is 0 Å². The third-order valence-corrected chi connectivity index (χ3v) is 4.34. The average Bonchev–Trinajstić information content (AvgIpc) is 2.84. The van der Waals surface area contributed by atoms with Crippen molar-refractivity contribution in [3.63, 3.8) is 0 Å². The van der Waals surface area contributed by atoms with Gasteiger partial charge in [0.15, 0.2) is 0 Å². The highest BCUT2D eigenvalue weighted by molar-refractivity contribution is 7.92. The fourth-order valence-electron chi connectivity index (χ4n) is 1.84. The molecule has 0 spiro atoms. The van der Waals surface area contributed by atoms with E-state index in [2.05, 4.69) is 9.82 Å². The van der Waals surface area contributed by atoms with Gasteiger partial charge in [0.1, 0.15) is 10.7 Å². The number of benzene rings is 1. The van der Waals surface area contributed by atoms with Crippen LogP contribution in [-0.4, -0.2) is 23.1 Å². The molecule has 1 heterocycles. The minimum absolute atomic E-state index is 0.0419. The zero-order valence-corrected chi connectivity index (χ0v) is 12.6. The van der Waals surface area contributed by atoms with Crippen LogP contribution in [0.5, 0.6) is 0 Å². The van der Waals surface area contributed by atoms with Gasteiger partial charge in [-0.15, -0.1) is 0 Å². The van der Waals surface area contributed by atoms with Crippen LogP contribution >= 0.6 is 0 Å². The minimum Gasteiger partial charge on any atom is -0.276 e. The second kappa shape index (κ2) is 5.72. The van der Waals surface area contributed by atoms with Gasteiger partial charge in [0, 0.05) is 24.4 Å². The molecule has 0 aliphatic rings. The molecule has 2 rings (SSSR count). The number of halogens is 1. The number of hydrogen-bond acceptors (Lipinski definition) is 5. The summed E-state index contributed by atoms with van der Waals surface area (Å²) in [6.45, 7) is 3.68. The lowest BCUT2D eigenvalue weighted by Gasteiger charge is -2.08. The molecule has 0 unspecified atom stereocenters. The van der Waals surface area contributed by atoms with Crippen molar-refractivity contribution in [2.45, 2.75) is 25.3 Å².